The summed E-state index contributed by atoms with van der Waals surface area (Å²) in [6.07, 6.45) is 1.73. The van der Waals surface area contributed by atoms with Gasteiger partial charge in [-0.3, -0.25) is 4.79 Å². The van der Waals surface area contributed by atoms with E-state index in [1.165, 1.54) is 0 Å². The van der Waals surface area contributed by atoms with Crippen LogP contribution in [0.25, 0.3) is 0 Å². The zero-order valence-electron chi connectivity index (χ0n) is 12.2. The minimum atomic E-state index is 0.0152. The van der Waals surface area contributed by atoms with Crippen molar-refractivity contribution in [3.63, 3.8) is 0 Å². The number of aromatic nitrogens is 1. The fourth-order valence-corrected chi connectivity index (χ4v) is 2.61. The quantitative estimate of drug-likeness (QED) is 0.876. The standard InChI is InChI=1S/C15H23N3O2/c1-10(2)13-7-12(8-14(16)17-13)15(20)18-5-3-11(9-18)4-6-19/h7-8,10-11,19H,3-6,9H2,1-2H3,(H2,16,17). The SMILES string of the molecule is CC(C)c1cc(C(=O)N2CCC(CCO)C2)cc(N)n1. The first-order valence-electron chi connectivity index (χ1n) is 7.19. The molecule has 0 aliphatic carbocycles. The molecule has 1 unspecified atom stereocenters. The molecular weight excluding hydrogens is 254 g/mol. The van der Waals surface area contributed by atoms with Gasteiger partial charge < -0.3 is 15.7 Å². The number of likely N-dealkylation sites (tertiary alicyclic amines) is 1. The Bertz CT molecular complexity index is 488. The topological polar surface area (TPSA) is 79.5 Å². The maximum absolute atomic E-state index is 12.5. The Kier molecular flexibility index (Phi) is 4.60. The minimum absolute atomic E-state index is 0.0152. The van der Waals surface area contributed by atoms with E-state index in [1.54, 1.807) is 6.07 Å². The second kappa shape index (κ2) is 6.22. The molecule has 1 aliphatic rings. The van der Waals surface area contributed by atoms with Crippen LogP contribution in [0.3, 0.4) is 0 Å². The van der Waals surface area contributed by atoms with E-state index in [0.717, 1.165) is 31.6 Å². The van der Waals surface area contributed by atoms with Crippen LogP contribution in [0.15, 0.2) is 12.1 Å². The molecule has 0 aromatic carbocycles. The Hall–Kier alpha value is -1.62. The number of anilines is 1. The van der Waals surface area contributed by atoms with Gasteiger partial charge in [-0.1, -0.05) is 13.8 Å². The Morgan fingerprint density at radius 1 is 1.55 bits per heavy atom. The van der Waals surface area contributed by atoms with Gasteiger partial charge in [-0.05, 0) is 36.8 Å². The average molecular weight is 277 g/mol. The molecule has 1 saturated heterocycles. The van der Waals surface area contributed by atoms with Crippen molar-refractivity contribution in [3.05, 3.63) is 23.4 Å². The van der Waals surface area contributed by atoms with Crippen molar-refractivity contribution in [2.75, 3.05) is 25.4 Å². The lowest BCUT2D eigenvalue weighted by atomic mass is 10.1. The number of hydrogen-bond donors (Lipinski definition) is 2. The van der Waals surface area contributed by atoms with Gasteiger partial charge >= 0.3 is 0 Å². The van der Waals surface area contributed by atoms with Crippen LogP contribution in [0.2, 0.25) is 0 Å². The molecule has 20 heavy (non-hydrogen) atoms. The molecule has 1 fully saturated rings. The van der Waals surface area contributed by atoms with Crippen molar-refractivity contribution in [1.82, 2.24) is 9.88 Å². The molecule has 5 heteroatoms. The first-order chi connectivity index (χ1) is 9.51. The highest BCUT2D eigenvalue weighted by molar-refractivity contribution is 5.95. The van der Waals surface area contributed by atoms with E-state index in [2.05, 4.69) is 4.98 Å². The van der Waals surface area contributed by atoms with Crippen LogP contribution in [-0.2, 0) is 0 Å². The van der Waals surface area contributed by atoms with Crippen LogP contribution < -0.4 is 5.73 Å². The van der Waals surface area contributed by atoms with E-state index < -0.39 is 0 Å². The van der Waals surface area contributed by atoms with Gasteiger partial charge in [-0.15, -0.1) is 0 Å². The summed E-state index contributed by atoms with van der Waals surface area (Å²) in [4.78, 5) is 18.6. The first kappa shape index (κ1) is 14.8. The van der Waals surface area contributed by atoms with Crippen LogP contribution in [0.1, 0.15) is 48.7 Å². The summed E-state index contributed by atoms with van der Waals surface area (Å²) in [6, 6.07) is 3.48. The molecule has 0 spiro atoms. The van der Waals surface area contributed by atoms with Gasteiger partial charge in [0.05, 0.1) is 0 Å². The van der Waals surface area contributed by atoms with Crippen LogP contribution >= 0.6 is 0 Å². The molecule has 0 bridgehead atoms. The van der Waals surface area contributed by atoms with E-state index in [-0.39, 0.29) is 18.4 Å². The van der Waals surface area contributed by atoms with Gasteiger partial charge in [0.15, 0.2) is 0 Å². The lowest BCUT2D eigenvalue weighted by Gasteiger charge is -2.17. The lowest BCUT2D eigenvalue weighted by Crippen LogP contribution is -2.29. The number of nitrogens with two attached hydrogens (primary N) is 1. The van der Waals surface area contributed by atoms with E-state index in [0.29, 0.717) is 17.3 Å². The Labute approximate surface area is 119 Å². The second-order valence-corrected chi connectivity index (χ2v) is 5.78. The van der Waals surface area contributed by atoms with Crippen molar-refractivity contribution >= 4 is 11.7 Å². The molecular formula is C15H23N3O2. The highest BCUT2D eigenvalue weighted by Crippen LogP contribution is 2.23. The molecule has 1 atom stereocenters. The third-order valence-electron chi connectivity index (χ3n) is 3.81. The molecule has 1 aromatic heterocycles. The largest absolute Gasteiger partial charge is 0.396 e. The molecule has 0 saturated carbocycles. The van der Waals surface area contributed by atoms with E-state index in [9.17, 15) is 4.79 Å². The summed E-state index contributed by atoms with van der Waals surface area (Å²) < 4.78 is 0. The van der Waals surface area contributed by atoms with E-state index >= 15 is 0 Å². The third-order valence-corrected chi connectivity index (χ3v) is 3.81. The van der Waals surface area contributed by atoms with Crippen LogP contribution in [-0.4, -0.2) is 40.6 Å². The van der Waals surface area contributed by atoms with Gasteiger partial charge in [0, 0.05) is 31.0 Å². The Morgan fingerprint density at radius 2 is 2.30 bits per heavy atom. The van der Waals surface area contributed by atoms with E-state index in [1.807, 2.05) is 24.8 Å². The van der Waals surface area contributed by atoms with Crippen molar-refractivity contribution in [2.45, 2.75) is 32.6 Å². The molecule has 110 valence electrons. The summed E-state index contributed by atoms with van der Waals surface area (Å²) in [5.41, 5.74) is 7.26. The Balaban J connectivity index is 2.13. The van der Waals surface area contributed by atoms with Gasteiger partial charge in [0.2, 0.25) is 0 Å². The molecule has 2 rings (SSSR count). The molecule has 5 nitrogen and oxygen atoms in total. The predicted molar refractivity (Wildman–Crippen MR) is 78.5 cm³/mol. The fraction of sp³-hybridized carbons (Fsp3) is 0.600. The number of carbonyl (C=O) groups excluding carboxylic acids is 1. The smallest absolute Gasteiger partial charge is 0.254 e. The van der Waals surface area contributed by atoms with Crippen molar-refractivity contribution in [3.8, 4) is 0 Å². The fourth-order valence-electron chi connectivity index (χ4n) is 2.61. The number of nitrogen functional groups attached to an aromatic ring is 1. The van der Waals surface area contributed by atoms with Crippen LogP contribution in [0.5, 0.6) is 0 Å². The number of nitrogens with zero attached hydrogens (tertiary/aromatic N) is 2. The third kappa shape index (κ3) is 3.28. The van der Waals surface area contributed by atoms with Gasteiger partial charge in [0.25, 0.3) is 5.91 Å². The molecule has 0 radical (unpaired) electrons. The summed E-state index contributed by atoms with van der Waals surface area (Å²) in [6.45, 7) is 5.72. The normalized spacial score (nSPS) is 18.8. The number of aliphatic hydroxyl groups excluding tert-OH is 1. The maximum Gasteiger partial charge on any atom is 0.254 e. The zero-order chi connectivity index (χ0) is 14.7. The minimum Gasteiger partial charge on any atom is -0.396 e. The molecule has 1 amide bonds. The number of rotatable bonds is 4. The monoisotopic (exact) mass is 277 g/mol. The number of pyridine rings is 1. The number of aliphatic hydroxyl groups is 1. The predicted octanol–water partition coefficient (Wildman–Crippen LogP) is 1.63. The lowest BCUT2D eigenvalue weighted by molar-refractivity contribution is 0.0784. The van der Waals surface area contributed by atoms with Crippen molar-refractivity contribution < 1.29 is 9.90 Å². The highest BCUT2D eigenvalue weighted by atomic mass is 16.3. The van der Waals surface area contributed by atoms with Gasteiger partial charge in [0.1, 0.15) is 5.82 Å². The molecule has 3 N–H and O–H groups in total. The van der Waals surface area contributed by atoms with Crippen molar-refractivity contribution in [2.24, 2.45) is 5.92 Å². The second-order valence-electron chi connectivity index (χ2n) is 5.78. The van der Waals surface area contributed by atoms with Crippen LogP contribution in [0.4, 0.5) is 5.82 Å². The summed E-state index contributed by atoms with van der Waals surface area (Å²) >= 11 is 0. The summed E-state index contributed by atoms with van der Waals surface area (Å²) in [7, 11) is 0. The summed E-state index contributed by atoms with van der Waals surface area (Å²) in [5.74, 6) is 1.06. The first-order valence-corrected chi connectivity index (χ1v) is 7.19. The maximum atomic E-state index is 12.5. The molecule has 2 heterocycles. The Morgan fingerprint density at radius 3 is 2.95 bits per heavy atom. The summed E-state index contributed by atoms with van der Waals surface area (Å²) in [5, 5.41) is 8.97. The van der Waals surface area contributed by atoms with Crippen LogP contribution in [0, 0.1) is 5.92 Å². The molecule has 1 aliphatic heterocycles. The zero-order valence-corrected chi connectivity index (χ0v) is 12.2. The van der Waals surface area contributed by atoms with E-state index in [4.69, 9.17) is 10.8 Å². The number of amides is 1. The van der Waals surface area contributed by atoms with Crippen molar-refractivity contribution in [1.29, 1.82) is 0 Å². The highest BCUT2D eigenvalue weighted by Gasteiger charge is 2.27. The number of carbonyl (C=O) groups is 1. The van der Waals surface area contributed by atoms with Gasteiger partial charge in [-0.2, -0.15) is 0 Å². The number of hydrogen-bond acceptors (Lipinski definition) is 4. The van der Waals surface area contributed by atoms with Gasteiger partial charge in [-0.25, -0.2) is 4.98 Å². The average Bonchev–Trinajstić information content (AvgIpc) is 2.86. The molecule has 1 aromatic rings.